The first-order valence-corrected chi connectivity index (χ1v) is 8.35. The number of hydrogen-bond acceptors (Lipinski definition) is 5. The van der Waals surface area contributed by atoms with Gasteiger partial charge < -0.3 is 14.6 Å². The highest BCUT2D eigenvalue weighted by Gasteiger charge is 2.27. The molecule has 0 aromatic carbocycles. The first kappa shape index (κ1) is 15.8. The van der Waals surface area contributed by atoms with Gasteiger partial charge in [0.1, 0.15) is 17.9 Å². The van der Waals surface area contributed by atoms with E-state index in [0.29, 0.717) is 5.71 Å². The molecule has 6 heteroatoms. The minimum absolute atomic E-state index is 0.113. The van der Waals surface area contributed by atoms with Gasteiger partial charge in [-0.2, -0.15) is 0 Å². The van der Waals surface area contributed by atoms with Gasteiger partial charge in [-0.3, -0.25) is 4.79 Å². The summed E-state index contributed by atoms with van der Waals surface area (Å²) in [7, 11) is 0. The largest absolute Gasteiger partial charge is 0.443 e. The van der Waals surface area contributed by atoms with Crippen molar-refractivity contribution in [3.8, 4) is 0 Å². The zero-order valence-corrected chi connectivity index (χ0v) is 14.1. The van der Waals surface area contributed by atoms with E-state index < -0.39 is 0 Å². The van der Waals surface area contributed by atoms with Crippen molar-refractivity contribution in [3.05, 3.63) is 17.7 Å². The number of hydrogen-bond donors (Lipinski definition) is 1. The lowest BCUT2D eigenvalue weighted by molar-refractivity contribution is -0.125. The minimum Gasteiger partial charge on any atom is -0.443 e. The van der Waals surface area contributed by atoms with Crippen molar-refractivity contribution in [1.82, 2.24) is 15.3 Å². The Morgan fingerprint density at radius 2 is 2.09 bits per heavy atom. The summed E-state index contributed by atoms with van der Waals surface area (Å²) in [6, 6.07) is 0. The van der Waals surface area contributed by atoms with E-state index in [-0.39, 0.29) is 11.8 Å². The zero-order valence-electron chi connectivity index (χ0n) is 14.1. The van der Waals surface area contributed by atoms with E-state index in [1.807, 2.05) is 13.8 Å². The fourth-order valence-corrected chi connectivity index (χ4v) is 3.15. The second-order valence-electron chi connectivity index (χ2n) is 6.21. The number of amides is 1. The molecule has 1 fully saturated rings. The molecule has 0 aliphatic carbocycles. The summed E-state index contributed by atoms with van der Waals surface area (Å²) < 4.78 is 5.69. The number of carbonyl (C=O) groups excluding carboxylic acids is 1. The first-order valence-electron chi connectivity index (χ1n) is 8.35. The summed E-state index contributed by atoms with van der Waals surface area (Å²) in [5.74, 6) is 2.12. The van der Waals surface area contributed by atoms with Crippen LogP contribution in [-0.2, 0) is 4.79 Å². The molecular formula is C17H24N4O2. The van der Waals surface area contributed by atoms with Crippen LogP contribution in [0.1, 0.15) is 37.5 Å². The molecule has 0 atom stereocenters. The number of carbonyl (C=O) groups is 1. The van der Waals surface area contributed by atoms with Crippen LogP contribution in [0, 0.1) is 19.8 Å². The molecule has 6 nitrogen and oxygen atoms in total. The normalized spacial score (nSPS) is 16.0. The first-order chi connectivity index (χ1) is 11.1. The zero-order chi connectivity index (χ0) is 16.4. The molecule has 0 unspecified atom stereocenters. The molecule has 0 bridgehead atoms. The van der Waals surface area contributed by atoms with Crippen molar-refractivity contribution >= 4 is 22.8 Å². The highest BCUT2D eigenvalue weighted by Crippen LogP contribution is 2.32. The maximum atomic E-state index is 12.1. The van der Waals surface area contributed by atoms with Crippen molar-refractivity contribution in [2.45, 2.75) is 40.0 Å². The van der Waals surface area contributed by atoms with Crippen LogP contribution in [0.2, 0.25) is 0 Å². The van der Waals surface area contributed by atoms with Crippen LogP contribution >= 0.6 is 0 Å². The summed E-state index contributed by atoms with van der Waals surface area (Å²) >= 11 is 0. The summed E-state index contributed by atoms with van der Waals surface area (Å²) in [6.45, 7) is 8.49. The average Bonchev–Trinajstić information content (AvgIpc) is 2.87. The van der Waals surface area contributed by atoms with E-state index in [9.17, 15) is 4.79 Å². The van der Waals surface area contributed by atoms with E-state index in [1.165, 1.54) is 0 Å². The molecule has 2 aromatic rings. The van der Waals surface area contributed by atoms with Gasteiger partial charge in [-0.25, -0.2) is 9.97 Å². The summed E-state index contributed by atoms with van der Waals surface area (Å²) in [6.07, 6.45) is 4.25. The lowest BCUT2D eigenvalue weighted by Crippen LogP contribution is -2.41. The van der Waals surface area contributed by atoms with Gasteiger partial charge in [-0.15, -0.1) is 0 Å². The smallest absolute Gasteiger partial charge is 0.231 e. The van der Waals surface area contributed by atoms with E-state index in [1.54, 1.807) is 6.33 Å². The van der Waals surface area contributed by atoms with Gasteiger partial charge in [0.15, 0.2) is 0 Å². The number of aryl methyl sites for hydroxylation is 2. The molecule has 0 radical (unpaired) electrons. The minimum atomic E-state index is 0.113. The van der Waals surface area contributed by atoms with Crippen molar-refractivity contribution < 1.29 is 9.21 Å². The number of piperidine rings is 1. The van der Waals surface area contributed by atoms with Crippen molar-refractivity contribution in [1.29, 1.82) is 0 Å². The highest BCUT2D eigenvalue weighted by molar-refractivity contribution is 5.90. The van der Waals surface area contributed by atoms with Gasteiger partial charge in [0.05, 0.1) is 5.39 Å². The van der Waals surface area contributed by atoms with Crippen LogP contribution in [0.3, 0.4) is 0 Å². The third kappa shape index (κ3) is 3.02. The molecule has 1 N–H and O–H groups in total. The molecule has 1 aliphatic heterocycles. The second kappa shape index (κ2) is 6.56. The molecule has 2 aromatic heterocycles. The van der Waals surface area contributed by atoms with Gasteiger partial charge in [0, 0.05) is 31.1 Å². The Labute approximate surface area is 136 Å². The fraction of sp³-hybridized carbons (Fsp3) is 0.588. The van der Waals surface area contributed by atoms with Crippen LogP contribution in [0.4, 0.5) is 5.82 Å². The standard InChI is InChI=1S/C17H24N4O2/c1-4-7-18-16(22)13-5-8-21(9-6-13)15-14-11(2)12(3)23-17(14)20-10-19-15/h10,13H,4-9H2,1-3H3,(H,18,22). The lowest BCUT2D eigenvalue weighted by atomic mass is 9.95. The van der Waals surface area contributed by atoms with Crippen LogP contribution in [-0.4, -0.2) is 35.5 Å². The SMILES string of the molecule is CCCNC(=O)C1CCN(c2ncnc3oc(C)c(C)c23)CC1. The van der Waals surface area contributed by atoms with E-state index in [4.69, 9.17) is 4.42 Å². The second-order valence-corrected chi connectivity index (χ2v) is 6.21. The lowest BCUT2D eigenvalue weighted by Gasteiger charge is -2.32. The van der Waals surface area contributed by atoms with E-state index >= 15 is 0 Å². The fourth-order valence-electron chi connectivity index (χ4n) is 3.15. The number of fused-ring (bicyclic) bond motifs is 1. The van der Waals surface area contributed by atoms with Crippen molar-refractivity contribution in [2.24, 2.45) is 5.92 Å². The summed E-state index contributed by atoms with van der Waals surface area (Å²) in [5.41, 5.74) is 1.74. The number of rotatable bonds is 4. The maximum absolute atomic E-state index is 12.1. The van der Waals surface area contributed by atoms with Crippen LogP contribution in [0.25, 0.3) is 11.1 Å². The molecule has 3 rings (SSSR count). The average molecular weight is 316 g/mol. The van der Waals surface area contributed by atoms with Crippen LogP contribution in [0.15, 0.2) is 10.7 Å². The predicted octanol–water partition coefficient (Wildman–Crippen LogP) is 2.58. The molecule has 3 heterocycles. The Morgan fingerprint density at radius 3 is 2.78 bits per heavy atom. The van der Waals surface area contributed by atoms with Gasteiger partial charge in [-0.05, 0) is 33.1 Å². The van der Waals surface area contributed by atoms with E-state index in [2.05, 4.69) is 27.1 Å². The monoisotopic (exact) mass is 316 g/mol. The number of nitrogens with one attached hydrogen (secondary N) is 1. The number of furan rings is 1. The van der Waals surface area contributed by atoms with E-state index in [0.717, 1.165) is 61.4 Å². The molecule has 1 saturated heterocycles. The molecule has 0 saturated carbocycles. The molecule has 1 aliphatic rings. The van der Waals surface area contributed by atoms with Gasteiger partial charge in [0.2, 0.25) is 11.6 Å². The number of nitrogens with zero attached hydrogens (tertiary/aromatic N) is 3. The summed E-state index contributed by atoms with van der Waals surface area (Å²) in [5, 5.41) is 4.00. The quantitative estimate of drug-likeness (QED) is 0.938. The van der Waals surface area contributed by atoms with Crippen molar-refractivity contribution in [2.75, 3.05) is 24.5 Å². The molecule has 23 heavy (non-hydrogen) atoms. The van der Waals surface area contributed by atoms with Gasteiger partial charge >= 0.3 is 0 Å². The Morgan fingerprint density at radius 1 is 1.35 bits per heavy atom. The Balaban J connectivity index is 1.74. The molecular weight excluding hydrogens is 292 g/mol. The topological polar surface area (TPSA) is 71.3 Å². The van der Waals surface area contributed by atoms with Crippen LogP contribution in [0.5, 0.6) is 0 Å². The third-order valence-electron chi connectivity index (χ3n) is 4.66. The Hall–Kier alpha value is -2.11. The van der Waals surface area contributed by atoms with Gasteiger partial charge in [0.25, 0.3) is 0 Å². The number of aromatic nitrogens is 2. The van der Waals surface area contributed by atoms with Gasteiger partial charge in [-0.1, -0.05) is 6.92 Å². The maximum Gasteiger partial charge on any atom is 0.231 e. The Bertz CT molecular complexity index is 702. The molecule has 1 amide bonds. The third-order valence-corrected chi connectivity index (χ3v) is 4.66. The Kier molecular flexibility index (Phi) is 4.50. The van der Waals surface area contributed by atoms with Crippen molar-refractivity contribution in [3.63, 3.8) is 0 Å². The summed E-state index contributed by atoms with van der Waals surface area (Å²) in [4.78, 5) is 23.1. The highest BCUT2D eigenvalue weighted by atomic mass is 16.3. The van der Waals surface area contributed by atoms with Crippen LogP contribution < -0.4 is 10.2 Å². The molecule has 0 spiro atoms. The number of anilines is 1. The molecule has 124 valence electrons. The predicted molar refractivity (Wildman–Crippen MR) is 89.5 cm³/mol.